The van der Waals surface area contributed by atoms with Crippen LogP contribution in [0.3, 0.4) is 0 Å². The Labute approximate surface area is 155 Å². The first kappa shape index (κ1) is 17.2. The van der Waals surface area contributed by atoms with Crippen molar-refractivity contribution in [3.05, 3.63) is 54.9 Å². The number of piperazine rings is 1. The molecule has 3 heterocycles. The fourth-order valence-corrected chi connectivity index (χ4v) is 4.17. The van der Waals surface area contributed by atoms with Gasteiger partial charge in [-0.15, -0.1) is 0 Å². The fraction of sp³-hybridized carbons (Fsp3) is 0.476. The third kappa shape index (κ3) is 3.49. The molecule has 0 atom stereocenters. The minimum atomic E-state index is -0.130. The Morgan fingerprint density at radius 3 is 2.23 bits per heavy atom. The molecule has 0 bridgehead atoms. The maximum absolute atomic E-state index is 13.1. The molecule has 2 aromatic rings. The van der Waals surface area contributed by atoms with E-state index in [1.165, 1.54) is 5.69 Å². The number of hydrogen-bond donors (Lipinski definition) is 0. The van der Waals surface area contributed by atoms with Crippen molar-refractivity contribution in [2.45, 2.75) is 24.8 Å². The summed E-state index contributed by atoms with van der Waals surface area (Å²) in [5, 5.41) is 0. The highest BCUT2D eigenvalue weighted by molar-refractivity contribution is 5.77. The zero-order valence-electron chi connectivity index (χ0n) is 15.2. The number of carbonyl (C=O) groups excluding carboxylic acids is 1. The van der Waals surface area contributed by atoms with E-state index < -0.39 is 0 Å². The molecule has 4 rings (SSSR count). The molecule has 2 aliphatic rings. The van der Waals surface area contributed by atoms with Gasteiger partial charge in [-0.1, -0.05) is 18.2 Å². The van der Waals surface area contributed by atoms with Gasteiger partial charge in [-0.3, -0.25) is 4.79 Å². The quantitative estimate of drug-likeness (QED) is 0.848. The smallest absolute Gasteiger partial charge is 0.225 e. The number of carbonyl (C=O) groups is 1. The minimum absolute atomic E-state index is 0.130. The van der Waals surface area contributed by atoms with Gasteiger partial charge < -0.3 is 19.1 Å². The van der Waals surface area contributed by atoms with E-state index in [1.54, 1.807) is 0 Å². The van der Waals surface area contributed by atoms with E-state index >= 15 is 0 Å². The zero-order chi connectivity index (χ0) is 17.8. The first-order valence-electron chi connectivity index (χ1n) is 9.56. The van der Waals surface area contributed by atoms with Gasteiger partial charge in [0.15, 0.2) is 0 Å². The number of para-hydroxylation sites is 1. The standard InChI is InChI=1S/C21H27N3O2/c25-20(18-21(8-16-26-17-9-21)24-10-4-5-11-24)23-14-12-22(13-15-23)19-6-2-1-3-7-19/h1-7,10-11H,8-9,12-18H2. The van der Waals surface area contributed by atoms with E-state index in [4.69, 9.17) is 4.74 Å². The molecule has 0 spiro atoms. The van der Waals surface area contributed by atoms with Crippen LogP contribution < -0.4 is 4.90 Å². The summed E-state index contributed by atoms with van der Waals surface area (Å²) in [5.41, 5.74) is 1.11. The molecule has 2 saturated heterocycles. The minimum Gasteiger partial charge on any atom is -0.381 e. The Hall–Kier alpha value is -2.27. The van der Waals surface area contributed by atoms with Gasteiger partial charge in [0.2, 0.25) is 5.91 Å². The Balaban J connectivity index is 1.40. The third-order valence-corrected chi connectivity index (χ3v) is 5.81. The third-order valence-electron chi connectivity index (χ3n) is 5.81. The van der Waals surface area contributed by atoms with Gasteiger partial charge in [0.1, 0.15) is 0 Å². The van der Waals surface area contributed by atoms with Crippen molar-refractivity contribution >= 4 is 11.6 Å². The van der Waals surface area contributed by atoms with Crippen molar-refractivity contribution in [1.29, 1.82) is 0 Å². The lowest BCUT2D eigenvalue weighted by molar-refractivity contribution is -0.135. The maximum Gasteiger partial charge on any atom is 0.225 e. The topological polar surface area (TPSA) is 37.7 Å². The number of ether oxygens (including phenoxy) is 1. The summed E-state index contributed by atoms with van der Waals surface area (Å²) < 4.78 is 7.80. The van der Waals surface area contributed by atoms with Crippen LogP contribution in [0, 0.1) is 0 Å². The van der Waals surface area contributed by atoms with Crippen LogP contribution in [0.2, 0.25) is 0 Å². The molecule has 0 unspecified atom stereocenters. The molecule has 0 saturated carbocycles. The monoisotopic (exact) mass is 353 g/mol. The van der Waals surface area contributed by atoms with Crippen LogP contribution in [0.15, 0.2) is 54.9 Å². The van der Waals surface area contributed by atoms with Crippen molar-refractivity contribution in [2.24, 2.45) is 0 Å². The second-order valence-electron chi connectivity index (χ2n) is 7.31. The van der Waals surface area contributed by atoms with Crippen LogP contribution in [-0.4, -0.2) is 54.8 Å². The molecule has 0 N–H and O–H groups in total. The van der Waals surface area contributed by atoms with Gasteiger partial charge in [0, 0.05) is 57.5 Å². The van der Waals surface area contributed by atoms with Crippen molar-refractivity contribution in [3.8, 4) is 0 Å². The van der Waals surface area contributed by atoms with Crippen LogP contribution in [0.5, 0.6) is 0 Å². The van der Waals surface area contributed by atoms with Gasteiger partial charge >= 0.3 is 0 Å². The Bertz CT molecular complexity index is 700. The molecule has 1 amide bonds. The Morgan fingerprint density at radius 2 is 1.58 bits per heavy atom. The summed E-state index contributed by atoms with van der Waals surface area (Å²) in [7, 11) is 0. The number of amides is 1. The van der Waals surface area contributed by atoms with Gasteiger partial charge in [0.25, 0.3) is 0 Å². The normalized spacial score (nSPS) is 20.2. The van der Waals surface area contributed by atoms with E-state index in [0.29, 0.717) is 6.42 Å². The van der Waals surface area contributed by atoms with E-state index in [1.807, 2.05) is 23.1 Å². The van der Waals surface area contributed by atoms with Crippen LogP contribution in [0.4, 0.5) is 5.69 Å². The number of anilines is 1. The number of nitrogens with zero attached hydrogens (tertiary/aromatic N) is 3. The van der Waals surface area contributed by atoms with E-state index in [9.17, 15) is 4.79 Å². The second-order valence-corrected chi connectivity index (χ2v) is 7.31. The summed E-state index contributed by atoms with van der Waals surface area (Å²) in [6.45, 7) is 4.85. The summed E-state index contributed by atoms with van der Waals surface area (Å²) in [6.07, 6.45) is 6.54. The molecule has 2 fully saturated rings. The molecular weight excluding hydrogens is 326 g/mol. The van der Waals surface area contributed by atoms with Crippen molar-refractivity contribution in [1.82, 2.24) is 9.47 Å². The lowest BCUT2D eigenvalue weighted by Gasteiger charge is -2.41. The molecule has 0 radical (unpaired) electrons. The SMILES string of the molecule is O=C(CC1(n2cccc2)CCOCC1)N1CCN(c2ccccc2)CC1. The van der Waals surface area contributed by atoms with Crippen LogP contribution in [0.1, 0.15) is 19.3 Å². The number of rotatable bonds is 4. The fourth-order valence-electron chi connectivity index (χ4n) is 4.17. The van der Waals surface area contributed by atoms with Crippen LogP contribution in [0.25, 0.3) is 0 Å². The predicted molar refractivity (Wildman–Crippen MR) is 102 cm³/mol. The average Bonchev–Trinajstić information content (AvgIpc) is 3.25. The first-order valence-corrected chi connectivity index (χ1v) is 9.56. The number of hydrogen-bond acceptors (Lipinski definition) is 3. The number of benzene rings is 1. The van der Waals surface area contributed by atoms with Crippen molar-refractivity contribution in [3.63, 3.8) is 0 Å². The largest absolute Gasteiger partial charge is 0.381 e. The van der Waals surface area contributed by atoms with Crippen LogP contribution >= 0.6 is 0 Å². The highest BCUT2D eigenvalue weighted by Gasteiger charge is 2.37. The summed E-state index contributed by atoms with van der Waals surface area (Å²) in [6, 6.07) is 14.5. The van der Waals surface area contributed by atoms with Crippen LogP contribution in [-0.2, 0) is 15.1 Å². The van der Waals surface area contributed by atoms with E-state index in [-0.39, 0.29) is 11.4 Å². The molecule has 5 nitrogen and oxygen atoms in total. The highest BCUT2D eigenvalue weighted by Crippen LogP contribution is 2.33. The molecule has 0 aliphatic carbocycles. The van der Waals surface area contributed by atoms with Crippen molar-refractivity contribution < 1.29 is 9.53 Å². The van der Waals surface area contributed by atoms with E-state index in [2.05, 4.69) is 46.1 Å². The van der Waals surface area contributed by atoms with Gasteiger partial charge in [-0.2, -0.15) is 0 Å². The van der Waals surface area contributed by atoms with Gasteiger partial charge in [-0.05, 0) is 37.1 Å². The molecule has 1 aromatic carbocycles. The summed E-state index contributed by atoms with van der Waals surface area (Å²) in [5.74, 6) is 0.272. The molecular formula is C21H27N3O2. The lowest BCUT2D eigenvalue weighted by Crippen LogP contribution is -2.51. The Kier molecular flexibility index (Phi) is 4.98. The molecule has 2 aliphatic heterocycles. The highest BCUT2D eigenvalue weighted by atomic mass is 16.5. The average molecular weight is 353 g/mol. The summed E-state index contributed by atoms with van der Waals surface area (Å²) >= 11 is 0. The van der Waals surface area contributed by atoms with E-state index in [0.717, 1.165) is 52.2 Å². The molecule has 26 heavy (non-hydrogen) atoms. The predicted octanol–water partition coefficient (Wildman–Crippen LogP) is 2.73. The van der Waals surface area contributed by atoms with Gasteiger partial charge in [-0.25, -0.2) is 0 Å². The Morgan fingerprint density at radius 1 is 0.923 bits per heavy atom. The molecule has 5 heteroatoms. The lowest BCUT2D eigenvalue weighted by atomic mass is 9.85. The van der Waals surface area contributed by atoms with Gasteiger partial charge in [0.05, 0.1) is 12.0 Å². The second kappa shape index (κ2) is 7.54. The molecule has 1 aromatic heterocycles. The number of aromatic nitrogens is 1. The zero-order valence-corrected chi connectivity index (χ0v) is 15.2. The summed E-state index contributed by atoms with van der Waals surface area (Å²) in [4.78, 5) is 17.5. The maximum atomic E-state index is 13.1. The van der Waals surface area contributed by atoms with Crippen molar-refractivity contribution in [2.75, 3.05) is 44.3 Å². The first-order chi connectivity index (χ1) is 12.8. The molecule has 138 valence electrons.